The molecule has 68 valence electrons. The Balaban J connectivity index is 2.60. The first-order valence-electron chi connectivity index (χ1n) is 4.20. The highest BCUT2D eigenvalue weighted by molar-refractivity contribution is 6.19. The summed E-state index contributed by atoms with van der Waals surface area (Å²) in [5.74, 6) is 0.875. The Morgan fingerprint density at radius 3 is 2.92 bits per heavy atom. The van der Waals surface area contributed by atoms with Gasteiger partial charge in [0.1, 0.15) is 0 Å². The molecule has 1 aliphatic carbocycles. The van der Waals surface area contributed by atoms with Gasteiger partial charge in [-0.05, 0) is 25.7 Å². The third-order valence-electron chi connectivity index (χ3n) is 2.35. The van der Waals surface area contributed by atoms with E-state index in [0.717, 1.165) is 18.4 Å². The quantitative estimate of drug-likeness (QED) is 0.519. The molecule has 1 rings (SSSR count). The third kappa shape index (κ3) is 2.36. The minimum atomic E-state index is -0.622. The van der Waals surface area contributed by atoms with E-state index in [1.54, 1.807) is 0 Å². The van der Waals surface area contributed by atoms with E-state index in [4.69, 9.17) is 11.6 Å². The average molecular weight is 187 g/mol. The monoisotopic (exact) mass is 186 g/mol. The van der Waals surface area contributed by atoms with Gasteiger partial charge >= 0.3 is 0 Å². The van der Waals surface area contributed by atoms with Crippen LogP contribution in [-0.4, -0.2) is 16.6 Å². The molecule has 2 heteroatoms. The summed E-state index contributed by atoms with van der Waals surface area (Å²) in [6.07, 6.45) is 5.60. The second kappa shape index (κ2) is 3.63. The molecule has 12 heavy (non-hydrogen) atoms. The van der Waals surface area contributed by atoms with Crippen LogP contribution >= 0.6 is 11.6 Å². The molecule has 0 amide bonds. The molecule has 0 radical (unpaired) electrons. The van der Waals surface area contributed by atoms with E-state index in [9.17, 15) is 5.11 Å². The standard InChI is InChI=1S/C10H15ClO/c1-8(7-11)9-3-5-10(2,12)6-4-9/h3,5,9,12H,1,4,6-7H2,2H3. The first-order valence-corrected chi connectivity index (χ1v) is 4.74. The molecule has 0 aliphatic heterocycles. The molecule has 0 spiro atoms. The highest BCUT2D eigenvalue weighted by Gasteiger charge is 2.23. The highest BCUT2D eigenvalue weighted by atomic mass is 35.5. The lowest BCUT2D eigenvalue weighted by molar-refractivity contribution is 0.0903. The van der Waals surface area contributed by atoms with Crippen molar-refractivity contribution >= 4 is 11.6 Å². The molecule has 1 aliphatic rings. The SMILES string of the molecule is C=C(CCl)C1C=CC(C)(O)CC1. The van der Waals surface area contributed by atoms with Gasteiger partial charge in [-0.3, -0.25) is 0 Å². The zero-order chi connectivity index (χ0) is 9.19. The van der Waals surface area contributed by atoms with Gasteiger partial charge in [0.2, 0.25) is 0 Å². The first kappa shape index (κ1) is 9.82. The van der Waals surface area contributed by atoms with E-state index in [-0.39, 0.29) is 0 Å². The van der Waals surface area contributed by atoms with E-state index in [2.05, 4.69) is 6.58 Å². The fourth-order valence-electron chi connectivity index (χ4n) is 1.39. The molecule has 0 fully saturated rings. The van der Waals surface area contributed by atoms with E-state index in [0.29, 0.717) is 11.8 Å². The molecule has 0 saturated carbocycles. The predicted octanol–water partition coefficient (Wildman–Crippen LogP) is 2.50. The van der Waals surface area contributed by atoms with Crippen molar-refractivity contribution in [1.82, 2.24) is 0 Å². The van der Waals surface area contributed by atoms with Gasteiger partial charge in [-0.25, -0.2) is 0 Å². The third-order valence-corrected chi connectivity index (χ3v) is 2.69. The van der Waals surface area contributed by atoms with Crippen LogP contribution in [0.1, 0.15) is 19.8 Å². The van der Waals surface area contributed by atoms with Crippen molar-refractivity contribution in [1.29, 1.82) is 0 Å². The fourth-order valence-corrected chi connectivity index (χ4v) is 1.59. The van der Waals surface area contributed by atoms with Crippen LogP contribution in [0.15, 0.2) is 24.3 Å². The summed E-state index contributed by atoms with van der Waals surface area (Å²) in [4.78, 5) is 0. The van der Waals surface area contributed by atoms with E-state index in [1.165, 1.54) is 0 Å². The summed E-state index contributed by atoms with van der Waals surface area (Å²) >= 11 is 5.66. The highest BCUT2D eigenvalue weighted by Crippen LogP contribution is 2.29. The van der Waals surface area contributed by atoms with Crippen LogP contribution in [-0.2, 0) is 0 Å². The predicted molar refractivity (Wildman–Crippen MR) is 52.3 cm³/mol. The van der Waals surface area contributed by atoms with E-state index < -0.39 is 5.60 Å². The number of hydrogen-bond donors (Lipinski definition) is 1. The van der Waals surface area contributed by atoms with Gasteiger partial charge in [0, 0.05) is 5.88 Å². The lowest BCUT2D eigenvalue weighted by Crippen LogP contribution is -2.26. The van der Waals surface area contributed by atoms with Gasteiger partial charge in [-0.2, -0.15) is 0 Å². The normalized spacial score (nSPS) is 35.1. The molecule has 0 aromatic rings. The summed E-state index contributed by atoms with van der Waals surface area (Å²) < 4.78 is 0. The summed E-state index contributed by atoms with van der Waals surface area (Å²) in [6.45, 7) is 5.70. The second-order valence-electron chi connectivity index (χ2n) is 3.65. The lowest BCUT2D eigenvalue weighted by atomic mass is 9.83. The van der Waals surface area contributed by atoms with Crippen molar-refractivity contribution in [2.45, 2.75) is 25.4 Å². The molecular weight excluding hydrogens is 172 g/mol. The lowest BCUT2D eigenvalue weighted by Gasteiger charge is -2.27. The van der Waals surface area contributed by atoms with Crippen LogP contribution in [0.25, 0.3) is 0 Å². The average Bonchev–Trinajstić information content (AvgIpc) is 2.03. The number of rotatable bonds is 2. The zero-order valence-electron chi connectivity index (χ0n) is 7.39. The maximum atomic E-state index is 9.60. The largest absolute Gasteiger partial charge is 0.386 e. The zero-order valence-corrected chi connectivity index (χ0v) is 8.14. The van der Waals surface area contributed by atoms with Crippen molar-refractivity contribution in [3.8, 4) is 0 Å². The van der Waals surface area contributed by atoms with Gasteiger partial charge in [-0.15, -0.1) is 11.6 Å². The molecule has 0 aromatic carbocycles. The number of allylic oxidation sites excluding steroid dienone is 2. The van der Waals surface area contributed by atoms with E-state index >= 15 is 0 Å². The molecule has 0 bridgehead atoms. The molecule has 1 N–H and O–H groups in total. The fraction of sp³-hybridized carbons (Fsp3) is 0.600. The van der Waals surface area contributed by atoms with Crippen molar-refractivity contribution < 1.29 is 5.11 Å². The minimum Gasteiger partial charge on any atom is -0.386 e. The molecule has 0 heterocycles. The van der Waals surface area contributed by atoms with Crippen LogP contribution in [0.5, 0.6) is 0 Å². The topological polar surface area (TPSA) is 20.2 Å². The second-order valence-corrected chi connectivity index (χ2v) is 3.92. The molecule has 0 aromatic heterocycles. The number of hydrogen-bond acceptors (Lipinski definition) is 1. The Morgan fingerprint density at radius 2 is 2.50 bits per heavy atom. The Hall–Kier alpha value is -0.270. The van der Waals surface area contributed by atoms with Crippen LogP contribution < -0.4 is 0 Å². The molecule has 0 saturated heterocycles. The number of aliphatic hydroxyl groups is 1. The maximum Gasteiger partial charge on any atom is 0.0800 e. The Labute approximate surface area is 78.7 Å². The summed E-state index contributed by atoms with van der Waals surface area (Å²) in [5, 5.41) is 9.60. The van der Waals surface area contributed by atoms with Crippen LogP contribution in [0.4, 0.5) is 0 Å². The number of halogens is 1. The van der Waals surface area contributed by atoms with Crippen molar-refractivity contribution in [3.63, 3.8) is 0 Å². The Kier molecular flexibility index (Phi) is 2.97. The Bertz CT molecular complexity index is 206. The van der Waals surface area contributed by atoms with Crippen LogP contribution in [0.2, 0.25) is 0 Å². The van der Waals surface area contributed by atoms with Gasteiger partial charge in [0.15, 0.2) is 0 Å². The number of alkyl halides is 1. The first-order chi connectivity index (χ1) is 5.55. The minimum absolute atomic E-state index is 0.364. The van der Waals surface area contributed by atoms with Gasteiger partial charge in [0.05, 0.1) is 5.60 Å². The van der Waals surface area contributed by atoms with Crippen molar-refractivity contribution in [3.05, 3.63) is 24.3 Å². The van der Waals surface area contributed by atoms with Gasteiger partial charge in [0.25, 0.3) is 0 Å². The summed E-state index contributed by atoms with van der Waals surface area (Å²) in [7, 11) is 0. The van der Waals surface area contributed by atoms with Gasteiger partial charge in [-0.1, -0.05) is 24.3 Å². The summed E-state index contributed by atoms with van der Waals surface area (Å²) in [5.41, 5.74) is 0.423. The van der Waals surface area contributed by atoms with Gasteiger partial charge < -0.3 is 5.11 Å². The Morgan fingerprint density at radius 1 is 1.83 bits per heavy atom. The molecule has 2 unspecified atom stereocenters. The molecule has 2 atom stereocenters. The van der Waals surface area contributed by atoms with Crippen molar-refractivity contribution in [2.24, 2.45) is 5.92 Å². The maximum absolute atomic E-state index is 9.60. The molecule has 1 nitrogen and oxygen atoms in total. The van der Waals surface area contributed by atoms with Crippen molar-refractivity contribution in [2.75, 3.05) is 5.88 Å². The molecular formula is C10H15ClO. The van der Waals surface area contributed by atoms with Crippen LogP contribution in [0.3, 0.4) is 0 Å². The van der Waals surface area contributed by atoms with Crippen LogP contribution in [0, 0.1) is 5.92 Å². The smallest absolute Gasteiger partial charge is 0.0800 e. The van der Waals surface area contributed by atoms with E-state index in [1.807, 2.05) is 19.1 Å². The summed E-state index contributed by atoms with van der Waals surface area (Å²) in [6, 6.07) is 0.